The Labute approximate surface area is 129 Å². The van der Waals surface area contributed by atoms with Gasteiger partial charge in [0.25, 0.3) is 0 Å². The van der Waals surface area contributed by atoms with Crippen LogP contribution in [0.5, 0.6) is 0 Å². The zero-order chi connectivity index (χ0) is 15.7. The van der Waals surface area contributed by atoms with Crippen molar-refractivity contribution in [2.24, 2.45) is 11.7 Å². The lowest BCUT2D eigenvalue weighted by molar-refractivity contribution is -0.146. The van der Waals surface area contributed by atoms with E-state index in [4.69, 9.17) is 10.5 Å². The molecule has 1 saturated carbocycles. The average molecular weight is 329 g/mol. The van der Waals surface area contributed by atoms with Crippen molar-refractivity contribution in [3.63, 3.8) is 0 Å². The lowest BCUT2D eigenvalue weighted by atomic mass is 9.97. The van der Waals surface area contributed by atoms with E-state index >= 15 is 0 Å². The zero-order valence-corrected chi connectivity index (χ0v) is 13.7. The SMILES string of the molecule is COC(=O)C(N)(CSc1ccc(S(C)(=O)=O)cc1)C1CC1. The Morgan fingerprint density at radius 1 is 1.38 bits per heavy atom. The molecule has 0 amide bonds. The first kappa shape index (κ1) is 16.3. The van der Waals surface area contributed by atoms with Gasteiger partial charge in [0.2, 0.25) is 0 Å². The molecule has 5 nitrogen and oxygen atoms in total. The molecule has 7 heteroatoms. The molecule has 1 aromatic rings. The number of benzene rings is 1. The first-order valence-electron chi connectivity index (χ1n) is 6.57. The number of carbonyl (C=O) groups is 1. The quantitative estimate of drug-likeness (QED) is 0.628. The Morgan fingerprint density at radius 2 is 1.95 bits per heavy atom. The lowest BCUT2D eigenvalue weighted by Crippen LogP contribution is -2.53. The number of esters is 1. The van der Waals surface area contributed by atoms with Crippen molar-refractivity contribution in [3.05, 3.63) is 24.3 Å². The van der Waals surface area contributed by atoms with Gasteiger partial charge in [-0.3, -0.25) is 4.79 Å². The number of hydrogen-bond donors (Lipinski definition) is 1. The van der Waals surface area contributed by atoms with E-state index in [1.807, 2.05) is 0 Å². The fraction of sp³-hybridized carbons (Fsp3) is 0.500. The minimum Gasteiger partial charge on any atom is -0.468 e. The topological polar surface area (TPSA) is 86.5 Å². The molecule has 21 heavy (non-hydrogen) atoms. The van der Waals surface area contributed by atoms with E-state index in [0.717, 1.165) is 17.7 Å². The molecule has 1 fully saturated rings. The Balaban J connectivity index is 2.06. The number of sulfone groups is 1. The van der Waals surface area contributed by atoms with Gasteiger partial charge in [0, 0.05) is 16.9 Å². The molecule has 1 aliphatic rings. The predicted octanol–water partition coefficient (Wildman–Crippen LogP) is 1.46. The van der Waals surface area contributed by atoms with E-state index in [9.17, 15) is 13.2 Å². The average Bonchev–Trinajstić information content (AvgIpc) is 3.28. The van der Waals surface area contributed by atoms with Crippen LogP contribution in [0.1, 0.15) is 12.8 Å². The van der Waals surface area contributed by atoms with Gasteiger partial charge < -0.3 is 10.5 Å². The fourth-order valence-electron chi connectivity index (χ4n) is 2.12. The maximum atomic E-state index is 11.9. The third kappa shape index (κ3) is 3.78. The molecule has 0 heterocycles. The van der Waals surface area contributed by atoms with Crippen molar-refractivity contribution < 1.29 is 17.9 Å². The first-order valence-corrected chi connectivity index (χ1v) is 9.45. The van der Waals surface area contributed by atoms with E-state index in [1.165, 1.54) is 25.1 Å². The molecule has 116 valence electrons. The van der Waals surface area contributed by atoms with Crippen LogP contribution in [-0.4, -0.2) is 39.0 Å². The van der Waals surface area contributed by atoms with Gasteiger partial charge in [0.15, 0.2) is 9.84 Å². The molecule has 2 N–H and O–H groups in total. The summed E-state index contributed by atoms with van der Waals surface area (Å²) >= 11 is 1.44. The highest BCUT2D eigenvalue weighted by Gasteiger charge is 2.48. The van der Waals surface area contributed by atoms with Crippen LogP contribution in [0.2, 0.25) is 0 Å². The highest BCUT2D eigenvalue weighted by molar-refractivity contribution is 7.99. The smallest absolute Gasteiger partial charge is 0.327 e. The predicted molar refractivity (Wildman–Crippen MR) is 81.9 cm³/mol. The van der Waals surface area contributed by atoms with Crippen LogP contribution < -0.4 is 5.73 Å². The summed E-state index contributed by atoms with van der Waals surface area (Å²) in [7, 11) is -1.85. The molecule has 0 aliphatic heterocycles. The Kier molecular flexibility index (Phi) is 4.65. The van der Waals surface area contributed by atoms with Crippen LogP contribution in [0.3, 0.4) is 0 Å². The van der Waals surface area contributed by atoms with Gasteiger partial charge in [-0.05, 0) is 43.0 Å². The number of carbonyl (C=O) groups excluding carboxylic acids is 1. The Hall–Kier alpha value is -1.05. The van der Waals surface area contributed by atoms with Crippen LogP contribution in [0.15, 0.2) is 34.1 Å². The molecule has 0 radical (unpaired) electrons. The summed E-state index contributed by atoms with van der Waals surface area (Å²) < 4.78 is 27.6. The maximum absolute atomic E-state index is 11.9. The molecule has 0 aromatic heterocycles. The normalized spacial score (nSPS) is 18.0. The lowest BCUT2D eigenvalue weighted by Gasteiger charge is -2.25. The van der Waals surface area contributed by atoms with Crippen molar-refractivity contribution >= 4 is 27.6 Å². The molecule has 1 aliphatic carbocycles. The third-order valence-electron chi connectivity index (χ3n) is 3.60. The van der Waals surface area contributed by atoms with Crippen molar-refractivity contribution in [3.8, 4) is 0 Å². The van der Waals surface area contributed by atoms with Crippen LogP contribution in [0.25, 0.3) is 0 Å². The molecule has 0 saturated heterocycles. The summed E-state index contributed by atoms with van der Waals surface area (Å²) in [4.78, 5) is 13.0. The second kappa shape index (κ2) is 5.98. The molecular weight excluding hydrogens is 310 g/mol. The summed E-state index contributed by atoms with van der Waals surface area (Å²) in [6.07, 6.45) is 3.06. The van der Waals surface area contributed by atoms with Gasteiger partial charge in [0.1, 0.15) is 5.54 Å². The second-order valence-corrected chi connectivity index (χ2v) is 8.40. The van der Waals surface area contributed by atoms with Crippen LogP contribution >= 0.6 is 11.8 Å². The van der Waals surface area contributed by atoms with E-state index < -0.39 is 15.4 Å². The van der Waals surface area contributed by atoms with Crippen LogP contribution in [0, 0.1) is 5.92 Å². The number of methoxy groups -OCH3 is 1. The van der Waals surface area contributed by atoms with Gasteiger partial charge in [-0.25, -0.2) is 8.42 Å². The number of thioether (sulfide) groups is 1. The summed E-state index contributed by atoms with van der Waals surface area (Å²) in [5, 5.41) is 0. The fourth-order valence-corrected chi connectivity index (χ4v) is 3.84. The number of hydrogen-bond acceptors (Lipinski definition) is 6. The van der Waals surface area contributed by atoms with Crippen molar-refractivity contribution in [1.82, 2.24) is 0 Å². The van der Waals surface area contributed by atoms with E-state index in [0.29, 0.717) is 5.75 Å². The Morgan fingerprint density at radius 3 is 2.38 bits per heavy atom. The third-order valence-corrected chi connectivity index (χ3v) is 5.96. The second-order valence-electron chi connectivity index (χ2n) is 5.34. The van der Waals surface area contributed by atoms with Gasteiger partial charge in [-0.1, -0.05) is 0 Å². The van der Waals surface area contributed by atoms with E-state index in [1.54, 1.807) is 24.3 Å². The number of ether oxygens (including phenoxy) is 1. The summed E-state index contributed by atoms with van der Waals surface area (Å²) in [5.74, 6) is 0.209. The molecule has 1 aromatic carbocycles. The minimum absolute atomic E-state index is 0.174. The Bertz CT molecular complexity index is 623. The molecular formula is C14H19NO4S2. The monoisotopic (exact) mass is 329 g/mol. The zero-order valence-electron chi connectivity index (χ0n) is 12.0. The van der Waals surface area contributed by atoms with Crippen LogP contribution in [0.4, 0.5) is 0 Å². The molecule has 0 bridgehead atoms. The molecule has 1 atom stereocenters. The molecule has 0 spiro atoms. The standard InChI is InChI=1S/C14H19NO4S2/c1-19-13(16)14(15,10-3-4-10)9-20-11-5-7-12(8-6-11)21(2,17)18/h5-8,10H,3-4,9,15H2,1-2H3. The van der Waals surface area contributed by atoms with Gasteiger partial charge >= 0.3 is 5.97 Å². The molecule has 2 rings (SSSR count). The van der Waals surface area contributed by atoms with Crippen molar-refractivity contribution in [1.29, 1.82) is 0 Å². The summed E-state index contributed by atoms with van der Waals surface area (Å²) in [6, 6.07) is 6.58. The van der Waals surface area contributed by atoms with Crippen LogP contribution in [-0.2, 0) is 19.4 Å². The molecule has 1 unspecified atom stereocenters. The summed E-state index contributed by atoms with van der Waals surface area (Å²) in [6.45, 7) is 0. The van der Waals surface area contributed by atoms with Crippen molar-refractivity contribution in [2.75, 3.05) is 19.1 Å². The summed E-state index contributed by atoms with van der Waals surface area (Å²) in [5.41, 5.74) is 5.25. The minimum atomic E-state index is -3.19. The highest BCUT2D eigenvalue weighted by Crippen LogP contribution is 2.41. The highest BCUT2D eigenvalue weighted by atomic mass is 32.2. The van der Waals surface area contributed by atoms with E-state index in [2.05, 4.69) is 0 Å². The van der Waals surface area contributed by atoms with Gasteiger partial charge in [0.05, 0.1) is 12.0 Å². The largest absolute Gasteiger partial charge is 0.468 e. The number of nitrogens with two attached hydrogens (primary N) is 1. The van der Waals surface area contributed by atoms with Gasteiger partial charge in [-0.15, -0.1) is 11.8 Å². The maximum Gasteiger partial charge on any atom is 0.327 e. The first-order chi connectivity index (χ1) is 9.77. The van der Waals surface area contributed by atoms with E-state index in [-0.39, 0.29) is 16.8 Å². The van der Waals surface area contributed by atoms with Gasteiger partial charge in [-0.2, -0.15) is 0 Å². The van der Waals surface area contributed by atoms with Crippen molar-refractivity contribution in [2.45, 2.75) is 28.2 Å². The number of rotatable bonds is 6.